The zero-order valence-electron chi connectivity index (χ0n) is 10.6. The third-order valence-electron chi connectivity index (χ3n) is 3.08. The van der Waals surface area contributed by atoms with E-state index in [4.69, 9.17) is 9.47 Å². The number of rotatable bonds is 4. The summed E-state index contributed by atoms with van der Waals surface area (Å²) in [5.41, 5.74) is -0.122. The molecular formula is C13H20O3. The second kappa shape index (κ2) is 4.74. The van der Waals surface area contributed by atoms with Crippen LogP contribution in [0.1, 0.15) is 26.3 Å². The van der Waals surface area contributed by atoms with E-state index in [2.05, 4.69) is 0 Å². The molecule has 0 saturated heterocycles. The number of hydrogen-bond acceptors (Lipinski definition) is 3. The van der Waals surface area contributed by atoms with E-state index in [9.17, 15) is 5.11 Å². The molecule has 1 aromatic rings. The van der Waals surface area contributed by atoms with E-state index < -0.39 is 5.60 Å². The highest BCUT2D eigenvalue weighted by Gasteiger charge is 2.30. The lowest BCUT2D eigenvalue weighted by Gasteiger charge is -2.29. The average molecular weight is 224 g/mol. The van der Waals surface area contributed by atoms with Crippen LogP contribution < -0.4 is 9.47 Å². The molecule has 1 rings (SSSR count). The van der Waals surface area contributed by atoms with E-state index in [0.717, 1.165) is 11.3 Å². The molecule has 3 heteroatoms. The molecule has 0 aliphatic carbocycles. The molecule has 1 unspecified atom stereocenters. The largest absolute Gasteiger partial charge is 0.497 e. The van der Waals surface area contributed by atoms with Crippen molar-refractivity contribution in [3.8, 4) is 11.5 Å². The first-order chi connectivity index (χ1) is 7.43. The van der Waals surface area contributed by atoms with Crippen molar-refractivity contribution in [2.75, 3.05) is 14.2 Å². The van der Waals surface area contributed by atoms with Gasteiger partial charge in [-0.1, -0.05) is 13.8 Å². The normalized spacial score (nSPS) is 14.7. The summed E-state index contributed by atoms with van der Waals surface area (Å²) < 4.78 is 10.4. The molecule has 0 amide bonds. The van der Waals surface area contributed by atoms with Crippen LogP contribution in [0.5, 0.6) is 11.5 Å². The first kappa shape index (κ1) is 12.8. The minimum atomic E-state index is -0.905. The molecule has 0 heterocycles. The molecule has 0 radical (unpaired) electrons. The average Bonchev–Trinajstić information content (AvgIpc) is 2.27. The van der Waals surface area contributed by atoms with Crippen molar-refractivity contribution in [3.63, 3.8) is 0 Å². The van der Waals surface area contributed by atoms with Crippen LogP contribution in [0.15, 0.2) is 18.2 Å². The maximum atomic E-state index is 10.4. The van der Waals surface area contributed by atoms with Gasteiger partial charge in [0, 0.05) is 11.6 Å². The van der Waals surface area contributed by atoms with Gasteiger partial charge >= 0.3 is 0 Å². The fourth-order valence-electron chi connectivity index (χ4n) is 1.53. The topological polar surface area (TPSA) is 38.7 Å². The van der Waals surface area contributed by atoms with E-state index in [1.807, 2.05) is 26.0 Å². The van der Waals surface area contributed by atoms with E-state index in [0.29, 0.717) is 5.75 Å². The number of methoxy groups -OCH3 is 2. The highest BCUT2D eigenvalue weighted by Crippen LogP contribution is 2.37. The number of aliphatic hydroxyl groups is 1. The van der Waals surface area contributed by atoms with Crippen molar-refractivity contribution in [2.45, 2.75) is 26.4 Å². The Morgan fingerprint density at radius 3 is 2.25 bits per heavy atom. The molecule has 0 aromatic heterocycles. The van der Waals surface area contributed by atoms with E-state index in [-0.39, 0.29) is 5.92 Å². The van der Waals surface area contributed by atoms with Crippen molar-refractivity contribution in [1.29, 1.82) is 0 Å². The Bertz CT molecular complexity index is 356. The molecule has 1 atom stereocenters. The molecule has 0 bridgehead atoms. The summed E-state index contributed by atoms with van der Waals surface area (Å²) in [6.45, 7) is 5.75. The van der Waals surface area contributed by atoms with Gasteiger partial charge in [0.1, 0.15) is 11.5 Å². The predicted octanol–water partition coefficient (Wildman–Crippen LogP) is 2.57. The quantitative estimate of drug-likeness (QED) is 0.854. The Balaban J connectivity index is 3.23. The Hall–Kier alpha value is -1.22. The molecular weight excluding hydrogens is 204 g/mol. The summed E-state index contributed by atoms with van der Waals surface area (Å²) in [7, 11) is 3.20. The van der Waals surface area contributed by atoms with Gasteiger partial charge in [0.15, 0.2) is 0 Å². The molecule has 1 N–H and O–H groups in total. The second-order valence-electron chi connectivity index (χ2n) is 4.37. The first-order valence-corrected chi connectivity index (χ1v) is 5.38. The molecule has 0 aliphatic heterocycles. The van der Waals surface area contributed by atoms with Gasteiger partial charge < -0.3 is 14.6 Å². The van der Waals surface area contributed by atoms with Gasteiger partial charge in [0.25, 0.3) is 0 Å². The molecule has 0 aliphatic rings. The smallest absolute Gasteiger partial charge is 0.128 e. The Labute approximate surface area is 97.0 Å². The van der Waals surface area contributed by atoms with Crippen molar-refractivity contribution >= 4 is 0 Å². The maximum absolute atomic E-state index is 10.4. The van der Waals surface area contributed by atoms with Crippen LogP contribution in [0.3, 0.4) is 0 Å². The summed E-state index contributed by atoms with van der Waals surface area (Å²) in [6.07, 6.45) is 0. The summed E-state index contributed by atoms with van der Waals surface area (Å²) in [5.74, 6) is 1.48. The predicted molar refractivity (Wildman–Crippen MR) is 64.0 cm³/mol. The van der Waals surface area contributed by atoms with E-state index in [1.54, 1.807) is 27.2 Å². The van der Waals surface area contributed by atoms with Gasteiger partial charge in [-0.2, -0.15) is 0 Å². The summed E-state index contributed by atoms with van der Waals surface area (Å²) in [6, 6.07) is 5.46. The fraction of sp³-hybridized carbons (Fsp3) is 0.538. The van der Waals surface area contributed by atoms with Gasteiger partial charge in [0.2, 0.25) is 0 Å². The second-order valence-corrected chi connectivity index (χ2v) is 4.37. The zero-order valence-corrected chi connectivity index (χ0v) is 10.6. The van der Waals surface area contributed by atoms with Gasteiger partial charge in [-0.05, 0) is 25.0 Å². The third-order valence-corrected chi connectivity index (χ3v) is 3.08. The van der Waals surface area contributed by atoms with Gasteiger partial charge in [0.05, 0.1) is 19.8 Å². The van der Waals surface area contributed by atoms with E-state index >= 15 is 0 Å². The lowest BCUT2D eigenvalue weighted by molar-refractivity contribution is 0.00691. The molecule has 1 aromatic carbocycles. The van der Waals surface area contributed by atoms with Crippen molar-refractivity contribution in [2.24, 2.45) is 5.92 Å². The van der Waals surface area contributed by atoms with E-state index in [1.165, 1.54) is 0 Å². The van der Waals surface area contributed by atoms with Crippen molar-refractivity contribution in [1.82, 2.24) is 0 Å². The molecule has 90 valence electrons. The molecule has 0 fully saturated rings. The lowest BCUT2D eigenvalue weighted by atomic mass is 9.84. The number of benzene rings is 1. The molecule has 3 nitrogen and oxygen atoms in total. The van der Waals surface area contributed by atoms with Gasteiger partial charge in [-0.3, -0.25) is 0 Å². The Morgan fingerprint density at radius 2 is 1.81 bits per heavy atom. The van der Waals surface area contributed by atoms with Crippen LogP contribution in [0.2, 0.25) is 0 Å². The van der Waals surface area contributed by atoms with Crippen molar-refractivity contribution in [3.05, 3.63) is 23.8 Å². The molecule has 16 heavy (non-hydrogen) atoms. The lowest BCUT2D eigenvalue weighted by Crippen LogP contribution is -2.28. The zero-order chi connectivity index (χ0) is 12.3. The number of hydrogen-bond donors (Lipinski definition) is 1. The van der Waals surface area contributed by atoms with Crippen LogP contribution in [-0.4, -0.2) is 19.3 Å². The van der Waals surface area contributed by atoms with Crippen LogP contribution in [0.25, 0.3) is 0 Å². The van der Waals surface area contributed by atoms with Crippen molar-refractivity contribution < 1.29 is 14.6 Å². The van der Waals surface area contributed by atoms with Gasteiger partial charge in [-0.15, -0.1) is 0 Å². The standard InChI is InChI=1S/C13H20O3/c1-9(2)13(3,14)11-7-6-10(15-4)8-12(11)16-5/h6-9,14H,1-5H3. The highest BCUT2D eigenvalue weighted by atomic mass is 16.5. The summed E-state index contributed by atoms with van der Waals surface area (Å²) >= 11 is 0. The minimum absolute atomic E-state index is 0.106. The SMILES string of the molecule is COc1ccc(C(C)(O)C(C)C)c(OC)c1. The molecule has 0 saturated carbocycles. The van der Waals surface area contributed by atoms with Crippen LogP contribution in [0.4, 0.5) is 0 Å². The Morgan fingerprint density at radius 1 is 1.19 bits per heavy atom. The van der Waals surface area contributed by atoms with Crippen LogP contribution in [0, 0.1) is 5.92 Å². The highest BCUT2D eigenvalue weighted by molar-refractivity contribution is 5.43. The van der Waals surface area contributed by atoms with Crippen LogP contribution >= 0.6 is 0 Å². The first-order valence-electron chi connectivity index (χ1n) is 5.38. The maximum Gasteiger partial charge on any atom is 0.128 e. The number of ether oxygens (including phenoxy) is 2. The molecule has 0 spiro atoms. The van der Waals surface area contributed by atoms with Gasteiger partial charge in [-0.25, -0.2) is 0 Å². The summed E-state index contributed by atoms with van der Waals surface area (Å²) in [5, 5.41) is 10.4. The third kappa shape index (κ3) is 2.30. The summed E-state index contributed by atoms with van der Waals surface area (Å²) in [4.78, 5) is 0. The Kier molecular flexibility index (Phi) is 3.81. The fourth-order valence-corrected chi connectivity index (χ4v) is 1.53. The minimum Gasteiger partial charge on any atom is -0.497 e. The van der Waals surface area contributed by atoms with Crippen LogP contribution in [-0.2, 0) is 5.60 Å². The monoisotopic (exact) mass is 224 g/mol.